The van der Waals surface area contributed by atoms with Crippen molar-refractivity contribution in [1.29, 1.82) is 0 Å². The lowest BCUT2D eigenvalue weighted by Gasteiger charge is -2.07. The molecule has 1 aromatic carbocycles. The second-order valence-electron chi connectivity index (χ2n) is 4.96. The third-order valence-corrected chi connectivity index (χ3v) is 3.73. The van der Waals surface area contributed by atoms with Gasteiger partial charge in [-0.15, -0.1) is 0 Å². The molecule has 3 aromatic rings. The first-order valence-corrected chi connectivity index (χ1v) is 8.02. The Bertz CT molecular complexity index is 807. The van der Waals surface area contributed by atoms with E-state index in [2.05, 4.69) is 41.5 Å². The smallest absolute Gasteiger partial charge is 0.271 e. The molecule has 0 atom stereocenters. The Kier molecular flexibility index (Phi) is 5.12. The van der Waals surface area contributed by atoms with Crippen molar-refractivity contribution in [3.8, 4) is 0 Å². The van der Waals surface area contributed by atoms with E-state index in [-0.39, 0.29) is 11.6 Å². The summed E-state index contributed by atoms with van der Waals surface area (Å²) in [6, 6.07) is 11.4. The van der Waals surface area contributed by atoms with E-state index in [1.54, 1.807) is 12.4 Å². The van der Waals surface area contributed by atoms with E-state index < -0.39 is 0 Å². The Morgan fingerprint density at radius 1 is 1.00 bits per heavy atom. The lowest BCUT2D eigenvalue weighted by molar-refractivity contribution is 0.0945. The summed E-state index contributed by atoms with van der Waals surface area (Å²) in [5.41, 5.74) is 2.13. The van der Waals surface area contributed by atoms with Crippen LogP contribution in [0.1, 0.15) is 16.1 Å². The molecule has 24 heavy (non-hydrogen) atoms. The molecule has 1 amide bonds. The zero-order valence-electron chi connectivity index (χ0n) is 12.6. The van der Waals surface area contributed by atoms with E-state index in [1.165, 1.54) is 12.4 Å². The molecule has 0 saturated carbocycles. The van der Waals surface area contributed by atoms with Crippen molar-refractivity contribution >= 4 is 33.3 Å². The number of benzene rings is 1. The highest BCUT2D eigenvalue weighted by molar-refractivity contribution is 9.10. The Morgan fingerprint density at radius 2 is 1.75 bits per heavy atom. The minimum absolute atomic E-state index is 0.269. The lowest BCUT2D eigenvalue weighted by atomic mass is 10.2. The normalized spacial score (nSPS) is 10.2. The standard InChI is InChI=1S/C17H14BrN5O/c18-13-1-3-14(4-2-13)23-16-11-20-15(10-21-16)17(24)22-9-12-5-7-19-8-6-12/h1-8,10-11H,9H2,(H,21,23)(H,22,24). The zero-order chi connectivity index (χ0) is 16.8. The average Bonchev–Trinajstić information content (AvgIpc) is 2.63. The molecule has 2 heterocycles. The van der Waals surface area contributed by atoms with Gasteiger partial charge in [-0.2, -0.15) is 0 Å². The summed E-state index contributed by atoms with van der Waals surface area (Å²) in [5, 5.41) is 5.92. The van der Waals surface area contributed by atoms with Gasteiger partial charge in [0.25, 0.3) is 5.91 Å². The fourth-order valence-corrected chi connectivity index (χ4v) is 2.23. The number of carbonyl (C=O) groups excluding carboxylic acids is 1. The van der Waals surface area contributed by atoms with Crippen molar-refractivity contribution in [2.75, 3.05) is 5.32 Å². The van der Waals surface area contributed by atoms with Crippen LogP contribution >= 0.6 is 15.9 Å². The van der Waals surface area contributed by atoms with Crippen LogP contribution in [-0.4, -0.2) is 20.9 Å². The highest BCUT2D eigenvalue weighted by Gasteiger charge is 2.08. The Hall–Kier alpha value is -2.80. The molecule has 7 heteroatoms. The minimum Gasteiger partial charge on any atom is -0.347 e. The van der Waals surface area contributed by atoms with E-state index >= 15 is 0 Å². The van der Waals surface area contributed by atoms with Gasteiger partial charge < -0.3 is 10.6 Å². The van der Waals surface area contributed by atoms with E-state index in [9.17, 15) is 4.79 Å². The number of aromatic nitrogens is 3. The molecule has 0 unspecified atom stereocenters. The second-order valence-corrected chi connectivity index (χ2v) is 5.87. The summed E-state index contributed by atoms with van der Waals surface area (Å²) in [4.78, 5) is 24.4. The van der Waals surface area contributed by atoms with Gasteiger partial charge in [0.15, 0.2) is 0 Å². The van der Waals surface area contributed by atoms with Crippen molar-refractivity contribution in [3.05, 3.63) is 76.9 Å². The minimum atomic E-state index is -0.269. The average molecular weight is 384 g/mol. The van der Waals surface area contributed by atoms with Crippen molar-refractivity contribution in [1.82, 2.24) is 20.3 Å². The van der Waals surface area contributed by atoms with E-state index in [4.69, 9.17) is 0 Å². The second kappa shape index (κ2) is 7.65. The first-order valence-electron chi connectivity index (χ1n) is 7.22. The number of rotatable bonds is 5. The van der Waals surface area contributed by atoms with E-state index in [0.717, 1.165) is 15.7 Å². The molecular weight excluding hydrogens is 370 g/mol. The molecule has 0 fully saturated rings. The Labute approximate surface area is 147 Å². The molecule has 0 saturated heterocycles. The highest BCUT2D eigenvalue weighted by atomic mass is 79.9. The highest BCUT2D eigenvalue weighted by Crippen LogP contribution is 2.17. The van der Waals surface area contributed by atoms with E-state index in [1.807, 2.05) is 36.4 Å². The molecule has 0 bridgehead atoms. The number of carbonyl (C=O) groups is 1. The summed E-state index contributed by atoms with van der Waals surface area (Å²) < 4.78 is 1.00. The maximum Gasteiger partial charge on any atom is 0.271 e. The number of nitrogens with one attached hydrogen (secondary N) is 2. The van der Waals surface area contributed by atoms with Gasteiger partial charge in [-0.25, -0.2) is 9.97 Å². The Morgan fingerprint density at radius 3 is 2.42 bits per heavy atom. The van der Waals surface area contributed by atoms with Gasteiger partial charge in [-0.05, 0) is 42.0 Å². The third kappa shape index (κ3) is 4.36. The number of hydrogen-bond donors (Lipinski definition) is 2. The quantitative estimate of drug-likeness (QED) is 0.706. The first kappa shape index (κ1) is 16.1. The summed E-state index contributed by atoms with van der Waals surface area (Å²) in [5.74, 6) is 0.303. The van der Waals surface area contributed by atoms with Gasteiger partial charge in [0, 0.05) is 29.1 Å². The molecule has 0 aliphatic heterocycles. The fourth-order valence-electron chi connectivity index (χ4n) is 1.96. The number of nitrogens with zero attached hydrogens (tertiary/aromatic N) is 3. The van der Waals surface area contributed by atoms with E-state index in [0.29, 0.717) is 12.4 Å². The first-order chi connectivity index (χ1) is 11.7. The van der Waals surface area contributed by atoms with Crippen molar-refractivity contribution in [2.45, 2.75) is 6.54 Å². The van der Waals surface area contributed by atoms with Crippen LogP contribution in [0.25, 0.3) is 0 Å². The molecule has 6 nitrogen and oxygen atoms in total. The van der Waals surface area contributed by atoms with Gasteiger partial charge in [0.1, 0.15) is 11.5 Å². The topological polar surface area (TPSA) is 79.8 Å². The van der Waals surface area contributed by atoms with Crippen LogP contribution in [0.3, 0.4) is 0 Å². The summed E-state index contributed by atoms with van der Waals surface area (Å²) >= 11 is 3.38. The maximum absolute atomic E-state index is 12.1. The van der Waals surface area contributed by atoms with Crippen molar-refractivity contribution < 1.29 is 4.79 Å². The molecule has 0 radical (unpaired) electrons. The van der Waals surface area contributed by atoms with Crippen LogP contribution < -0.4 is 10.6 Å². The van der Waals surface area contributed by atoms with Crippen molar-refractivity contribution in [3.63, 3.8) is 0 Å². The van der Waals surface area contributed by atoms with Crippen LogP contribution in [0, 0.1) is 0 Å². The van der Waals surface area contributed by atoms with Gasteiger partial charge >= 0.3 is 0 Å². The molecular formula is C17H14BrN5O. The number of halogens is 1. The van der Waals surface area contributed by atoms with Gasteiger partial charge in [-0.3, -0.25) is 9.78 Å². The number of hydrogen-bond acceptors (Lipinski definition) is 5. The molecule has 0 spiro atoms. The lowest BCUT2D eigenvalue weighted by Crippen LogP contribution is -2.24. The van der Waals surface area contributed by atoms with Crippen molar-refractivity contribution in [2.24, 2.45) is 0 Å². The fraction of sp³-hybridized carbons (Fsp3) is 0.0588. The van der Waals surface area contributed by atoms with Gasteiger partial charge in [0.05, 0.1) is 12.4 Å². The maximum atomic E-state index is 12.1. The number of amides is 1. The van der Waals surface area contributed by atoms with Crippen LogP contribution in [0.5, 0.6) is 0 Å². The largest absolute Gasteiger partial charge is 0.347 e. The monoisotopic (exact) mass is 383 g/mol. The van der Waals surface area contributed by atoms with Crippen LogP contribution in [0.4, 0.5) is 11.5 Å². The summed E-state index contributed by atoms with van der Waals surface area (Å²) in [6.07, 6.45) is 6.35. The van der Waals surface area contributed by atoms with Crippen LogP contribution in [-0.2, 0) is 6.54 Å². The molecule has 0 aliphatic carbocycles. The SMILES string of the molecule is O=C(NCc1ccncc1)c1cnc(Nc2ccc(Br)cc2)cn1. The summed E-state index contributed by atoms with van der Waals surface area (Å²) in [6.45, 7) is 0.419. The molecule has 2 aromatic heterocycles. The molecule has 3 rings (SSSR count). The number of anilines is 2. The van der Waals surface area contributed by atoms with Gasteiger partial charge in [-0.1, -0.05) is 15.9 Å². The van der Waals surface area contributed by atoms with Crippen LogP contribution in [0.15, 0.2) is 65.7 Å². The van der Waals surface area contributed by atoms with Gasteiger partial charge in [0.2, 0.25) is 0 Å². The van der Waals surface area contributed by atoms with Crippen LogP contribution in [0.2, 0.25) is 0 Å². The molecule has 2 N–H and O–H groups in total. The third-order valence-electron chi connectivity index (χ3n) is 3.20. The predicted molar refractivity (Wildman–Crippen MR) is 94.9 cm³/mol. The summed E-state index contributed by atoms with van der Waals surface area (Å²) in [7, 11) is 0. The Balaban J connectivity index is 1.59. The predicted octanol–water partition coefficient (Wildman–Crippen LogP) is 3.31. The number of pyridine rings is 1. The molecule has 0 aliphatic rings. The zero-order valence-corrected chi connectivity index (χ0v) is 14.2. The molecule has 120 valence electrons.